The largest absolute Gasteiger partial charge is 0.390 e. The fourth-order valence-corrected chi connectivity index (χ4v) is 3.16. The van der Waals surface area contributed by atoms with E-state index in [2.05, 4.69) is 0 Å². The maximum atomic E-state index is 12.2. The molecule has 0 spiro atoms. The van der Waals surface area contributed by atoms with Crippen LogP contribution in [-0.2, 0) is 10.0 Å². The summed E-state index contributed by atoms with van der Waals surface area (Å²) in [6.07, 6.45) is -5.61. The van der Waals surface area contributed by atoms with E-state index >= 15 is 0 Å². The van der Waals surface area contributed by atoms with Gasteiger partial charge in [-0.15, -0.1) is 0 Å². The topological polar surface area (TPSA) is 63.4 Å². The smallest absolute Gasteiger partial charge is 0.389 e. The third kappa shape index (κ3) is 4.65. The highest BCUT2D eigenvalue weighted by Gasteiger charge is 2.30. The SMILES string of the molecule is Cc1cc(C(N)=S)ccc1S(=O)(=O)N(C)CCC(F)(F)F. The predicted octanol–water partition coefficient (Wildman–Crippen LogP) is 2.20. The minimum atomic E-state index is -4.41. The molecule has 2 N–H and O–H groups in total. The van der Waals surface area contributed by atoms with E-state index in [1.54, 1.807) is 0 Å². The van der Waals surface area contributed by atoms with Crippen LogP contribution in [0.5, 0.6) is 0 Å². The van der Waals surface area contributed by atoms with Crippen LogP contribution in [0.1, 0.15) is 17.5 Å². The van der Waals surface area contributed by atoms with E-state index in [1.165, 1.54) is 25.1 Å². The van der Waals surface area contributed by atoms with Crippen molar-refractivity contribution in [3.05, 3.63) is 29.3 Å². The molecule has 1 rings (SSSR count). The fraction of sp³-hybridized carbons (Fsp3) is 0.417. The first-order valence-corrected chi connectivity index (χ1v) is 7.73. The van der Waals surface area contributed by atoms with Crippen molar-refractivity contribution in [1.82, 2.24) is 4.31 Å². The molecule has 118 valence electrons. The molecule has 0 aliphatic carbocycles. The number of thiocarbonyl (C=S) groups is 1. The van der Waals surface area contributed by atoms with Crippen molar-refractivity contribution in [3.63, 3.8) is 0 Å². The van der Waals surface area contributed by atoms with Gasteiger partial charge in [-0.05, 0) is 24.6 Å². The zero-order valence-electron chi connectivity index (χ0n) is 11.4. The first-order valence-electron chi connectivity index (χ1n) is 5.88. The van der Waals surface area contributed by atoms with Crippen LogP contribution in [0.3, 0.4) is 0 Å². The zero-order chi connectivity index (χ0) is 16.4. The summed E-state index contributed by atoms with van der Waals surface area (Å²) in [7, 11) is -2.87. The zero-order valence-corrected chi connectivity index (χ0v) is 13.1. The molecule has 4 nitrogen and oxygen atoms in total. The maximum absolute atomic E-state index is 12.2. The summed E-state index contributed by atoms with van der Waals surface area (Å²) in [5, 5.41) is 0. The molecule has 0 aromatic heterocycles. The van der Waals surface area contributed by atoms with Crippen LogP contribution in [0.2, 0.25) is 0 Å². The van der Waals surface area contributed by atoms with Gasteiger partial charge in [0.1, 0.15) is 4.99 Å². The second-order valence-electron chi connectivity index (χ2n) is 4.54. The van der Waals surface area contributed by atoms with Crippen molar-refractivity contribution in [2.45, 2.75) is 24.4 Å². The summed E-state index contributed by atoms with van der Waals surface area (Å²) in [6, 6.07) is 4.22. The van der Waals surface area contributed by atoms with E-state index in [0.717, 1.165) is 7.05 Å². The summed E-state index contributed by atoms with van der Waals surface area (Å²) in [5.74, 6) is 0. The number of nitrogens with zero attached hydrogens (tertiary/aromatic N) is 1. The Morgan fingerprint density at radius 3 is 2.38 bits per heavy atom. The van der Waals surface area contributed by atoms with Gasteiger partial charge < -0.3 is 5.73 Å². The molecule has 0 unspecified atom stereocenters. The van der Waals surface area contributed by atoms with Gasteiger partial charge in [-0.3, -0.25) is 0 Å². The Bertz CT molecular complexity index is 642. The molecule has 0 aliphatic rings. The van der Waals surface area contributed by atoms with Crippen molar-refractivity contribution in [2.24, 2.45) is 5.73 Å². The van der Waals surface area contributed by atoms with Gasteiger partial charge in [0.2, 0.25) is 10.0 Å². The Morgan fingerprint density at radius 1 is 1.38 bits per heavy atom. The van der Waals surface area contributed by atoms with Gasteiger partial charge in [0.05, 0.1) is 11.3 Å². The van der Waals surface area contributed by atoms with E-state index < -0.39 is 29.2 Å². The molecule has 21 heavy (non-hydrogen) atoms. The fourth-order valence-electron chi connectivity index (χ4n) is 1.66. The number of aryl methyl sites for hydroxylation is 1. The Balaban J connectivity index is 3.05. The number of rotatable bonds is 5. The highest BCUT2D eigenvalue weighted by atomic mass is 32.2. The van der Waals surface area contributed by atoms with E-state index in [-0.39, 0.29) is 9.88 Å². The number of sulfonamides is 1. The molecule has 0 heterocycles. The lowest BCUT2D eigenvalue weighted by molar-refractivity contribution is -0.135. The maximum Gasteiger partial charge on any atom is 0.390 e. The van der Waals surface area contributed by atoms with Crippen LogP contribution in [0, 0.1) is 6.92 Å². The molecule has 0 radical (unpaired) electrons. The molecule has 1 aromatic rings. The lowest BCUT2D eigenvalue weighted by Gasteiger charge is -2.19. The molecule has 0 fully saturated rings. The van der Waals surface area contributed by atoms with Crippen molar-refractivity contribution in [3.8, 4) is 0 Å². The first-order chi connectivity index (χ1) is 9.45. The molecular weight excluding hydrogens is 325 g/mol. The van der Waals surface area contributed by atoms with Crippen molar-refractivity contribution in [2.75, 3.05) is 13.6 Å². The monoisotopic (exact) mass is 340 g/mol. The molecule has 0 saturated heterocycles. The van der Waals surface area contributed by atoms with Crippen LogP contribution in [0.15, 0.2) is 23.1 Å². The first kappa shape index (κ1) is 17.9. The molecule has 1 aromatic carbocycles. The molecule has 0 saturated carbocycles. The number of nitrogens with two attached hydrogens (primary N) is 1. The molecule has 9 heteroatoms. The third-order valence-corrected chi connectivity index (χ3v) is 5.11. The summed E-state index contributed by atoms with van der Waals surface area (Å²) in [5.41, 5.74) is 6.32. The summed E-state index contributed by atoms with van der Waals surface area (Å²) < 4.78 is 61.7. The van der Waals surface area contributed by atoms with Crippen LogP contribution in [-0.4, -0.2) is 37.5 Å². The lowest BCUT2D eigenvalue weighted by Crippen LogP contribution is -2.31. The lowest BCUT2D eigenvalue weighted by atomic mass is 10.1. The van der Waals surface area contributed by atoms with Gasteiger partial charge in [0.25, 0.3) is 0 Å². The van der Waals surface area contributed by atoms with Gasteiger partial charge in [-0.2, -0.15) is 13.2 Å². The minimum Gasteiger partial charge on any atom is -0.389 e. The minimum absolute atomic E-state index is 0.0628. The van der Waals surface area contributed by atoms with Gasteiger partial charge in [0.15, 0.2) is 0 Å². The highest BCUT2D eigenvalue weighted by molar-refractivity contribution is 7.89. The van der Waals surface area contributed by atoms with Gasteiger partial charge in [-0.25, -0.2) is 12.7 Å². The summed E-state index contributed by atoms with van der Waals surface area (Å²) in [6.45, 7) is 0.897. The molecule has 0 amide bonds. The Labute approximate surface area is 126 Å². The number of benzene rings is 1. The second kappa shape index (κ2) is 6.29. The molecule has 0 bridgehead atoms. The van der Waals surface area contributed by atoms with Crippen LogP contribution in [0.25, 0.3) is 0 Å². The predicted molar refractivity (Wildman–Crippen MR) is 77.6 cm³/mol. The van der Waals surface area contributed by atoms with Crippen LogP contribution in [0.4, 0.5) is 13.2 Å². The van der Waals surface area contributed by atoms with E-state index in [4.69, 9.17) is 18.0 Å². The second-order valence-corrected chi connectivity index (χ2v) is 6.99. The van der Waals surface area contributed by atoms with Crippen LogP contribution < -0.4 is 5.73 Å². The van der Waals surface area contributed by atoms with Gasteiger partial charge in [-0.1, -0.05) is 18.3 Å². The molecule has 0 aliphatic heterocycles. The Hall–Kier alpha value is -1.19. The Kier molecular flexibility index (Phi) is 5.35. The van der Waals surface area contributed by atoms with Gasteiger partial charge in [0, 0.05) is 19.2 Å². The molecular formula is C12H15F3N2O2S2. The number of hydrogen-bond donors (Lipinski definition) is 1. The van der Waals surface area contributed by atoms with E-state index in [0.29, 0.717) is 15.4 Å². The molecule has 0 atom stereocenters. The normalized spacial score (nSPS) is 12.7. The number of hydrogen-bond acceptors (Lipinski definition) is 3. The van der Waals surface area contributed by atoms with Crippen molar-refractivity contribution in [1.29, 1.82) is 0 Å². The van der Waals surface area contributed by atoms with E-state index in [9.17, 15) is 21.6 Å². The summed E-state index contributed by atoms with van der Waals surface area (Å²) in [4.78, 5) is 0.0552. The summed E-state index contributed by atoms with van der Waals surface area (Å²) >= 11 is 4.79. The highest BCUT2D eigenvalue weighted by Crippen LogP contribution is 2.24. The van der Waals surface area contributed by atoms with Crippen molar-refractivity contribution < 1.29 is 21.6 Å². The van der Waals surface area contributed by atoms with E-state index in [1.807, 2.05) is 0 Å². The standard InChI is InChI=1S/C12H15F3N2O2S2/c1-8-7-9(11(16)20)3-4-10(8)21(18,19)17(2)6-5-12(13,14)15/h3-4,7H,5-6H2,1-2H3,(H2,16,20). The van der Waals surface area contributed by atoms with Gasteiger partial charge >= 0.3 is 6.18 Å². The Morgan fingerprint density at radius 2 is 1.95 bits per heavy atom. The quantitative estimate of drug-likeness (QED) is 0.835. The van der Waals surface area contributed by atoms with Crippen molar-refractivity contribution >= 4 is 27.2 Å². The number of alkyl halides is 3. The third-order valence-electron chi connectivity index (χ3n) is 2.86. The van der Waals surface area contributed by atoms with Crippen LogP contribution >= 0.6 is 12.2 Å². The average molecular weight is 340 g/mol. The number of halogens is 3. The average Bonchev–Trinajstić information content (AvgIpc) is 2.34.